The van der Waals surface area contributed by atoms with Crippen molar-refractivity contribution in [1.82, 2.24) is 0 Å². The summed E-state index contributed by atoms with van der Waals surface area (Å²) >= 11 is 0. The molecule has 0 atom stereocenters. The van der Waals surface area contributed by atoms with Gasteiger partial charge < -0.3 is 10.2 Å². The molecule has 0 spiro atoms. The summed E-state index contributed by atoms with van der Waals surface area (Å²) in [6.45, 7) is 3.15. The van der Waals surface area contributed by atoms with Gasteiger partial charge in [0.15, 0.2) is 0 Å². The number of aliphatic hydroxyl groups is 2. The lowest BCUT2D eigenvalue weighted by atomic mass is 10.5. The Morgan fingerprint density at radius 1 is 1.67 bits per heavy atom. The van der Waals surface area contributed by atoms with E-state index in [2.05, 4.69) is 6.58 Å². The van der Waals surface area contributed by atoms with Gasteiger partial charge in [0.05, 0.1) is 0 Å². The van der Waals surface area contributed by atoms with Gasteiger partial charge in [0.2, 0.25) is 0 Å². The van der Waals surface area contributed by atoms with Crippen LogP contribution in [0, 0.1) is 0 Å². The first-order valence-electron chi connectivity index (χ1n) is 1.47. The molecule has 0 amide bonds. The smallest absolute Gasteiger partial charge is 0.149 e. The molecule has 0 saturated heterocycles. The van der Waals surface area contributed by atoms with Gasteiger partial charge in [0, 0.05) is 0 Å². The maximum absolute atomic E-state index is 8.16. The highest BCUT2D eigenvalue weighted by atomic mass is 16.3. The highest BCUT2D eigenvalue weighted by Crippen LogP contribution is 1.81. The quantitative estimate of drug-likeness (QED) is 0.371. The van der Waals surface area contributed by atoms with E-state index in [1.807, 2.05) is 0 Å². The summed E-state index contributed by atoms with van der Waals surface area (Å²) in [4.78, 5) is 0. The van der Waals surface area contributed by atoms with E-state index in [4.69, 9.17) is 10.2 Å². The molecule has 0 heterocycles. The average Bonchev–Trinajstić information content (AvgIpc) is 1.65. The van der Waals surface area contributed by atoms with E-state index in [1.165, 1.54) is 0 Å². The molecular formula is C4H6O2. The number of hydrogen-bond donors (Lipinski definition) is 2. The van der Waals surface area contributed by atoms with Crippen LogP contribution in [0.3, 0.4) is 0 Å². The summed E-state index contributed by atoms with van der Waals surface area (Å²) in [7, 11) is 0. The Bertz CT molecular complexity index is 73.6. The van der Waals surface area contributed by atoms with Crippen LogP contribution in [0.5, 0.6) is 0 Å². The normalized spacial score (nSPS) is 11.0. The Kier molecular flexibility index (Phi) is 1.97. The van der Waals surface area contributed by atoms with E-state index in [-0.39, 0.29) is 5.76 Å². The van der Waals surface area contributed by atoms with Gasteiger partial charge in [-0.3, -0.25) is 0 Å². The zero-order valence-corrected chi connectivity index (χ0v) is 3.26. The van der Waals surface area contributed by atoms with Crippen LogP contribution in [-0.4, -0.2) is 10.2 Å². The van der Waals surface area contributed by atoms with Gasteiger partial charge >= 0.3 is 0 Å². The van der Waals surface area contributed by atoms with Crippen molar-refractivity contribution in [3.05, 3.63) is 24.7 Å². The van der Waals surface area contributed by atoms with E-state index in [0.29, 0.717) is 6.26 Å². The van der Waals surface area contributed by atoms with Crippen molar-refractivity contribution >= 4 is 0 Å². The lowest BCUT2D eigenvalue weighted by Crippen LogP contribution is -1.67. The second kappa shape index (κ2) is 2.33. The number of rotatable bonds is 1. The molecular weight excluding hydrogens is 80.0 g/mol. The van der Waals surface area contributed by atoms with Crippen LogP contribution in [0.2, 0.25) is 0 Å². The second-order valence-electron chi connectivity index (χ2n) is 0.758. The molecule has 0 aromatic carbocycles. The monoisotopic (exact) mass is 86.0 g/mol. The third-order valence-corrected chi connectivity index (χ3v) is 0.341. The summed E-state index contributed by atoms with van der Waals surface area (Å²) in [6.07, 6.45) is 1.72. The Morgan fingerprint density at radius 3 is 2.17 bits per heavy atom. The minimum atomic E-state index is -0.213. The highest BCUT2D eigenvalue weighted by molar-refractivity contribution is 5.01. The fourth-order valence-electron chi connectivity index (χ4n) is 0.0527. The van der Waals surface area contributed by atoms with Gasteiger partial charge in [-0.2, -0.15) is 0 Å². The van der Waals surface area contributed by atoms with Crippen LogP contribution in [-0.2, 0) is 0 Å². The van der Waals surface area contributed by atoms with E-state index < -0.39 is 0 Å². The minimum absolute atomic E-state index is 0.213. The second-order valence-corrected chi connectivity index (χ2v) is 0.758. The van der Waals surface area contributed by atoms with Gasteiger partial charge in [-0.1, -0.05) is 6.58 Å². The minimum Gasteiger partial charge on any atom is -0.512 e. The fourth-order valence-corrected chi connectivity index (χ4v) is 0.0527. The molecule has 0 saturated carbocycles. The Morgan fingerprint density at radius 2 is 2.17 bits per heavy atom. The van der Waals surface area contributed by atoms with Gasteiger partial charge in [-0.25, -0.2) is 0 Å². The molecule has 0 rings (SSSR count). The van der Waals surface area contributed by atoms with Gasteiger partial charge in [0.1, 0.15) is 12.0 Å². The zero-order chi connectivity index (χ0) is 4.99. The van der Waals surface area contributed by atoms with Crippen molar-refractivity contribution < 1.29 is 10.2 Å². The maximum Gasteiger partial charge on any atom is 0.149 e. The summed E-state index contributed by atoms with van der Waals surface area (Å²) in [5.41, 5.74) is 0. The van der Waals surface area contributed by atoms with Crippen LogP contribution in [0.1, 0.15) is 0 Å². The molecule has 6 heavy (non-hydrogen) atoms. The first kappa shape index (κ1) is 5.08. The number of hydrogen-bond acceptors (Lipinski definition) is 2. The lowest BCUT2D eigenvalue weighted by molar-refractivity contribution is 0.378. The van der Waals surface area contributed by atoms with Crippen LogP contribution < -0.4 is 0 Å². The van der Waals surface area contributed by atoms with E-state index in [9.17, 15) is 0 Å². The Labute approximate surface area is 36.0 Å². The zero-order valence-electron chi connectivity index (χ0n) is 3.26. The molecule has 34 valence electrons. The Hall–Kier alpha value is -0.920. The molecule has 0 bridgehead atoms. The van der Waals surface area contributed by atoms with Crippen molar-refractivity contribution in [3.8, 4) is 0 Å². The third-order valence-electron chi connectivity index (χ3n) is 0.341. The lowest BCUT2D eigenvalue weighted by Gasteiger charge is -1.78. The van der Waals surface area contributed by atoms with Crippen LogP contribution >= 0.6 is 0 Å². The van der Waals surface area contributed by atoms with Crippen LogP contribution in [0.15, 0.2) is 24.7 Å². The predicted molar refractivity (Wildman–Crippen MR) is 23.5 cm³/mol. The summed E-state index contributed by atoms with van der Waals surface area (Å²) < 4.78 is 0. The molecule has 2 N–H and O–H groups in total. The van der Waals surface area contributed by atoms with Gasteiger partial charge in [-0.05, 0) is 6.08 Å². The topological polar surface area (TPSA) is 40.5 Å². The highest BCUT2D eigenvalue weighted by Gasteiger charge is 1.72. The fraction of sp³-hybridized carbons (Fsp3) is 0. The van der Waals surface area contributed by atoms with Crippen molar-refractivity contribution in [2.75, 3.05) is 0 Å². The van der Waals surface area contributed by atoms with Gasteiger partial charge in [-0.15, -0.1) is 0 Å². The number of aliphatic hydroxyl groups excluding tert-OH is 2. The molecule has 2 nitrogen and oxygen atoms in total. The SMILES string of the molecule is C=C/C(O)=C/O. The van der Waals surface area contributed by atoms with Crippen molar-refractivity contribution in [2.24, 2.45) is 0 Å². The largest absolute Gasteiger partial charge is 0.512 e. The molecule has 0 aromatic heterocycles. The summed E-state index contributed by atoms with van der Waals surface area (Å²) in [5.74, 6) is -0.213. The predicted octanol–water partition coefficient (Wildman–Crippen LogP) is 1.13. The number of allylic oxidation sites excluding steroid dienone is 1. The molecule has 2 heteroatoms. The third kappa shape index (κ3) is 1.40. The summed E-state index contributed by atoms with van der Waals surface area (Å²) in [6, 6.07) is 0. The first-order valence-corrected chi connectivity index (χ1v) is 1.47. The van der Waals surface area contributed by atoms with Crippen molar-refractivity contribution in [3.63, 3.8) is 0 Å². The molecule has 0 aliphatic carbocycles. The van der Waals surface area contributed by atoms with Crippen LogP contribution in [0.4, 0.5) is 0 Å². The standard InChI is InChI=1S/C4H6O2/c1-2-4(6)3-5/h2-3,5-6H,1H2/b4-3-. The molecule has 0 aliphatic heterocycles. The van der Waals surface area contributed by atoms with E-state index in [0.717, 1.165) is 6.08 Å². The van der Waals surface area contributed by atoms with Crippen LogP contribution in [0.25, 0.3) is 0 Å². The first-order chi connectivity index (χ1) is 2.81. The molecule has 0 aromatic rings. The van der Waals surface area contributed by atoms with E-state index in [1.54, 1.807) is 0 Å². The van der Waals surface area contributed by atoms with Gasteiger partial charge in [0.25, 0.3) is 0 Å². The Balaban J connectivity index is 3.50. The molecule has 0 fully saturated rings. The molecule has 0 aliphatic rings. The van der Waals surface area contributed by atoms with E-state index >= 15 is 0 Å². The van der Waals surface area contributed by atoms with Crippen molar-refractivity contribution in [1.29, 1.82) is 0 Å². The molecule has 0 unspecified atom stereocenters. The summed E-state index contributed by atoms with van der Waals surface area (Å²) in [5, 5.41) is 16.0. The maximum atomic E-state index is 8.16. The molecule has 0 radical (unpaired) electrons. The average molecular weight is 86.1 g/mol. The van der Waals surface area contributed by atoms with Crippen molar-refractivity contribution in [2.45, 2.75) is 0 Å².